The summed E-state index contributed by atoms with van der Waals surface area (Å²) in [7, 11) is 3.67. The standard InChI is InChI=1S/C20H25N5OS/c1-15(18(26)25(3)20(14-21)12-8-5-9-13-20)27-19-23-22-17(24(19)2)16-10-6-4-7-11-16/h4,6-7,10-11,15H,5,8-9,12-13H2,1-3H3/t15-/m0/s1. The molecule has 1 aliphatic carbocycles. The molecule has 1 aromatic carbocycles. The van der Waals surface area contributed by atoms with Crippen molar-refractivity contribution in [1.29, 1.82) is 5.26 Å². The number of rotatable bonds is 5. The summed E-state index contributed by atoms with van der Waals surface area (Å²) in [6, 6.07) is 12.3. The predicted octanol–water partition coefficient (Wildman–Crippen LogP) is 3.65. The number of thioether (sulfide) groups is 1. The molecule has 2 aromatic rings. The summed E-state index contributed by atoms with van der Waals surface area (Å²) in [5, 5.41) is 18.6. The lowest BCUT2D eigenvalue weighted by atomic mass is 9.81. The lowest BCUT2D eigenvalue weighted by Crippen LogP contribution is -2.52. The van der Waals surface area contributed by atoms with Gasteiger partial charge in [0.2, 0.25) is 5.91 Å². The van der Waals surface area contributed by atoms with Crippen LogP contribution in [0.4, 0.5) is 0 Å². The van der Waals surface area contributed by atoms with Gasteiger partial charge in [-0.1, -0.05) is 61.4 Å². The molecule has 0 saturated heterocycles. The van der Waals surface area contributed by atoms with Crippen LogP contribution in [0.1, 0.15) is 39.0 Å². The molecule has 1 saturated carbocycles. The Kier molecular flexibility index (Phi) is 5.85. The molecule has 0 N–H and O–H groups in total. The van der Waals surface area contributed by atoms with E-state index in [0.29, 0.717) is 5.16 Å². The van der Waals surface area contributed by atoms with E-state index in [1.165, 1.54) is 11.8 Å². The molecule has 0 unspecified atom stereocenters. The highest BCUT2D eigenvalue weighted by atomic mass is 32.2. The summed E-state index contributed by atoms with van der Waals surface area (Å²) in [6.07, 6.45) is 4.64. The number of hydrogen-bond acceptors (Lipinski definition) is 5. The Hall–Kier alpha value is -2.33. The maximum atomic E-state index is 13.0. The summed E-state index contributed by atoms with van der Waals surface area (Å²) in [5.41, 5.74) is 0.320. The fraction of sp³-hybridized carbons (Fsp3) is 0.500. The number of benzene rings is 1. The van der Waals surface area contributed by atoms with Gasteiger partial charge < -0.3 is 9.47 Å². The molecule has 1 fully saturated rings. The first-order chi connectivity index (χ1) is 13.0. The molecule has 6 nitrogen and oxygen atoms in total. The lowest BCUT2D eigenvalue weighted by molar-refractivity contribution is -0.133. The summed E-state index contributed by atoms with van der Waals surface area (Å²) in [5.74, 6) is 0.736. The van der Waals surface area contributed by atoms with E-state index in [1.54, 1.807) is 11.9 Å². The van der Waals surface area contributed by atoms with Crippen molar-refractivity contribution in [1.82, 2.24) is 19.7 Å². The van der Waals surface area contributed by atoms with Gasteiger partial charge in [-0.2, -0.15) is 5.26 Å². The molecule has 7 heteroatoms. The predicted molar refractivity (Wildman–Crippen MR) is 106 cm³/mol. The minimum Gasteiger partial charge on any atom is -0.326 e. The lowest BCUT2D eigenvalue weighted by Gasteiger charge is -2.40. The van der Waals surface area contributed by atoms with Crippen molar-refractivity contribution < 1.29 is 4.79 Å². The van der Waals surface area contributed by atoms with Gasteiger partial charge in [0.15, 0.2) is 11.0 Å². The van der Waals surface area contributed by atoms with Gasteiger partial charge in [0, 0.05) is 19.7 Å². The first-order valence-corrected chi connectivity index (χ1v) is 10.2. The Balaban J connectivity index is 1.74. The summed E-state index contributed by atoms with van der Waals surface area (Å²) < 4.78 is 1.91. The number of carbonyl (C=O) groups excluding carboxylic acids is 1. The third kappa shape index (κ3) is 3.86. The van der Waals surface area contributed by atoms with Crippen LogP contribution in [0.2, 0.25) is 0 Å². The van der Waals surface area contributed by atoms with Crippen LogP contribution in [0.3, 0.4) is 0 Å². The van der Waals surface area contributed by atoms with Crippen molar-refractivity contribution >= 4 is 17.7 Å². The highest BCUT2D eigenvalue weighted by molar-refractivity contribution is 8.00. The number of aromatic nitrogens is 3. The van der Waals surface area contributed by atoms with Crippen molar-refractivity contribution in [2.45, 2.75) is 55.0 Å². The third-order valence-corrected chi connectivity index (χ3v) is 6.48. The van der Waals surface area contributed by atoms with Crippen LogP contribution in [-0.4, -0.2) is 43.4 Å². The van der Waals surface area contributed by atoms with Crippen LogP contribution < -0.4 is 0 Å². The fourth-order valence-corrected chi connectivity index (χ4v) is 4.51. The molecule has 1 atom stereocenters. The van der Waals surface area contributed by atoms with Gasteiger partial charge in [0.05, 0.1) is 11.3 Å². The zero-order valence-corrected chi connectivity index (χ0v) is 16.9. The summed E-state index contributed by atoms with van der Waals surface area (Å²) in [6.45, 7) is 1.87. The molecule has 0 spiro atoms. The molecule has 27 heavy (non-hydrogen) atoms. The Morgan fingerprint density at radius 1 is 1.26 bits per heavy atom. The molecule has 1 amide bonds. The van der Waals surface area contributed by atoms with Gasteiger partial charge in [0.1, 0.15) is 5.54 Å². The quantitative estimate of drug-likeness (QED) is 0.737. The maximum Gasteiger partial charge on any atom is 0.236 e. The zero-order chi connectivity index (χ0) is 19.4. The Bertz CT molecular complexity index is 836. The van der Waals surface area contributed by atoms with Crippen LogP contribution in [0.5, 0.6) is 0 Å². The number of amides is 1. The second-order valence-corrected chi connectivity index (χ2v) is 8.40. The topological polar surface area (TPSA) is 74.8 Å². The monoisotopic (exact) mass is 383 g/mol. The van der Waals surface area contributed by atoms with Gasteiger partial charge in [-0.3, -0.25) is 4.79 Å². The van der Waals surface area contributed by atoms with E-state index in [-0.39, 0.29) is 11.2 Å². The largest absolute Gasteiger partial charge is 0.326 e. The molecule has 1 aromatic heterocycles. The van der Waals surface area contributed by atoms with Gasteiger partial charge in [-0.05, 0) is 19.8 Å². The van der Waals surface area contributed by atoms with Crippen molar-refractivity contribution in [3.05, 3.63) is 30.3 Å². The van der Waals surface area contributed by atoms with E-state index in [9.17, 15) is 10.1 Å². The second kappa shape index (κ2) is 8.13. The molecule has 1 heterocycles. The van der Waals surface area contributed by atoms with Gasteiger partial charge in [-0.25, -0.2) is 0 Å². The normalized spacial score (nSPS) is 17.1. The van der Waals surface area contributed by atoms with E-state index in [2.05, 4.69) is 16.3 Å². The first-order valence-electron chi connectivity index (χ1n) is 9.29. The summed E-state index contributed by atoms with van der Waals surface area (Å²) >= 11 is 1.38. The van der Waals surface area contributed by atoms with Crippen LogP contribution in [-0.2, 0) is 11.8 Å². The smallest absolute Gasteiger partial charge is 0.236 e. The molecule has 1 aliphatic rings. The third-order valence-electron chi connectivity index (χ3n) is 5.36. The molecule has 0 radical (unpaired) electrons. The van der Waals surface area contributed by atoms with Crippen LogP contribution >= 0.6 is 11.8 Å². The van der Waals surface area contributed by atoms with E-state index >= 15 is 0 Å². The van der Waals surface area contributed by atoms with Gasteiger partial charge >= 0.3 is 0 Å². The maximum absolute atomic E-state index is 13.0. The molecule has 3 rings (SSSR count). The minimum absolute atomic E-state index is 0.0345. The Morgan fingerprint density at radius 2 is 1.93 bits per heavy atom. The van der Waals surface area contributed by atoms with Gasteiger partial charge in [-0.15, -0.1) is 10.2 Å². The first kappa shape index (κ1) is 19.4. The van der Waals surface area contributed by atoms with E-state index in [4.69, 9.17) is 0 Å². The van der Waals surface area contributed by atoms with E-state index in [0.717, 1.165) is 43.5 Å². The van der Waals surface area contributed by atoms with Crippen LogP contribution in [0, 0.1) is 11.3 Å². The number of carbonyl (C=O) groups is 1. The molecule has 0 bridgehead atoms. The van der Waals surface area contributed by atoms with Crippen LogP contribution in [0.15, 0.2) is 35.5 Å². The highest BCUT2D eigenvalue weighted by Gasteiger charge is 2.40. The number of nitrogens with zero attached hydrogens (tertiary/aromatic N) is 5. The Morgan fingerprint density at radius 3 is 2.56 bits per heavy atom. The second-order valence-electron chi connectivity index (χ2n) is 7.09. The van der Waals surface area contributed by atoms with Crippen molar-refractivity contribution in [2.75, 3.05) is 7.05 Å². The number of nitriles is 1. The Labute approximate surface area is 164 Å². The minimum atomic E-state index is -0.667. The van der Waals surface area contributed by atoms with Crippen molar-refractivity contribution in [3.63, 3.8) is 0 Å². The number of hydrogen-bond donors (Lipinski definition) is 0. The average molecular weight is 384 g/mol. The molecule has 0 aliphatic heterocycles. The SMILES string of the molecule is C[C@H](Sc1nnc(-c2ccccc2)n1C)C(=O)N(C)C1(C#N)CCCCC1. The average Bonchev–Trinajstić information content (AvgIpc) is 3.08. The highest BCUT2D eigenvalue weighted by Crippen LogP contribution is 2.34. The van der Waals surface area contributed by atoms with Crippen molar-refractivity contribution in [3.8, 4) is 17.5 Å². The van der Waals surface area contributed by atoms with E-state index in [1.807, 2.05) is 48.9 Å². The molecule has 142 valence electrons. The van der Waals surface area contributed by atoms with Crippen LogP contribution in [0.25, 0.3) is 11.4 Å². The van der Waals surface area contributed by atoms with Crippen molar-refractivity contribution in [2.24, 2.45) is 7.05 Å². The zero-order valence-electron chi connectivity index (χ0n) is 16.1. The summed E-state index contributed by atoms with van der Waals surface area (Å²) in [4.78, 5) is 14.7. The van der Waals surface area contributed by atoms with Gasteiger partial charge in [0.25, 0.3) is 0 Å². The molecular formula is C20H25N5OS. The fourth-order valence-electron chi connectivity index (χ4n) is 3.61. The van der Waals surface area contributed by atoms with E-state index < -0.39 is 5.54 Å². The molecular weight excluding hydrogens is 358 g/mol.